The highest BCUT2D eigenvalue weighted by atomic mass is 16.5. The zero-order chi connectivity index (χ0) is 18.9. The van der Waals surface area contributed by atoms with Gasteiger partial charge in [-0.3, -0.25) is 0 Å². The summed E-state index contributed by atoms with van der Waals surface area (Å²) in [5.41, 5.74) is 1.16. The molecule has 1 rings (SSSR count). The summed E-state index contributed by atoms with van der Waals surface area (Å²) in [4.78, 5) is 0. The normalized spacial score (nSPS) is 16.9. The minimum absolute atomic E-state index is 0.157. The number of rotatable bonds is 17. The molecule has 1 aliphatic carbocycles. The molecular formula is C24H42O2. The number of hydrogen-bond acceptors (Lipinski definition) is 2. The van der Waals surface area contributed by atoms with Gasteiger partial charge < -0.3 is 9.47 Å². The Bertz CT molecular complexity index is 408. The van der Waals surface area contributed by atoms with E-state index in [1.54, 1.807) is 0 Å². The minimum Gasteiger partial charge on any atom is -0.494 e. The van der Waals surface area contributed by atoms with Gasteiger partial charge in [-0.15, -0.1) is 0 Å². The third-order valence-corrected chi connectivity index (χ3v) is 5.03. The zero-order valence-electron chi connectivity index (χ0n) is 17.4. The van der Waals surface area contributed by atoms with Crippen LogP contribution in [0.5, 0.6) is 0 Å². The molecule has 0 saturated heterocycles. The molecule has 150 valence electrons. The standard InChI is InChI=1S/C24H42O2/c1-4-7-9-11-13-15-19-25-23-17-18-24(22(6-3)21-23)26-20-16-14-12-10-8-5-2/h6,17,21,24H,3-5,7-16,18-20H2,1-2H3. The first-order chi connectivity index (χ1) is 12.8. The molecule has 0 amide bonds. The van der Waals surface area contributed by atoms with Crippen molar-refractivity contribution >= 4 is 0 Å². The Morgan fingerprint density at radius 3 is 2.08 bits per heavy atom. The molecule has 0 N–H and O–H groups in total. The molecule has 2 nitrogen and oxygen atoms in total. The van der Waals surface area contributed by atoms with Gasteiger partial charge >= 0.3 is 0 Å². The summed E-state index contributed by atoms with van der Waals surface area (Å²) in [6.07, 6.45) is 22.9. The molecule has 0 aromatic heterocycles. The molecular weight excluding hydrogens is 320 g/mol. The van der Waals surface area contributed by atoms with Crippen LogP contribution in [0.1, 0.15) is 97.3 Å². The Labute approximate surface area is 162 Å². The average molecular weight is 363 g/mol. The predicted molar refractivity (Wildman–Crippen MR) is 113 cm³/mol. The molecule has 1 unspecified atom stereocenters. The second-order valence-electron chi connectivity index (χ2n) is 7.43. The number of ether oxygens (including phenoxy) is 2. The molecule has 1 atom stereocenters. The highest BCUT2D eigenvalue weighted by Crippen LogP contribution is 2.23. The van der Waals surface area contributed by atoms with Crippen molar-refractivity contribution < 1.29 is 9.47 Å². The first-order valence-corrected chi connectivity index (χ1v) is 11.1. The van der Waals surface area contributed by atoms with E-state index in [4.69, 9.17) is 9.47 Å². The third-order valence-electron chi connectivity index (χ3n) is 5.03. The monoisotopic (exact) mass is 362 g/mol. The smallest absolute Gasteiger partial charge is 0.115 e. The zero-order valence-corrected chi connectivity index (χ0v) is 17.4. The van der Waals surface area contributed by atoms with Gasteiger partial charge in [0, 0.05) is 6.61 Å². The second-order valence-corrected chi connectivity index (χ2v) is 7.43. The molecule has 0 aliphatic heterocycles. The van der Waals surface area contributed by atoms with Gasteiger partial charge in [0.15, 0.2) is 0 Å². The summed E-state index contributed by atoms with van der Waals surface area (Å²) in [5.74, 6) is 0.993. The fourth-order valence-corrected chi connectivity index (χ4v) is 3.31. The van der Waals surface area contributed by atoms with Gasteiger partial charge in [-0.25, -0.2) is 0 Å². The van der Waals surface area contributed by atoms with Crippen LogP contribution in [-0.4, -0.2) is 19.3 Å². The van der Waals surface area contributed by atoms with Crippen LogP contribution >= 0.6 is 0 Å². The van der Waals surface area contributed by atoms with E-state index in [9.17, 15) is 0 Å². The van der Waals surface area contributed by atoms with E-state index < -0.39 is 0 Å². The molecule has 2 heteroatoms. The Morgan fingerprint density at radius 2 is 1.46 bits per heavy atom. The van der Waals surface area contributed by atoms with Gasteiger partial charge in [0.2, 0.25) is 0 Å². The van der Waals surface area contributed by atoms with Crippen LogP contribution in [0.25, 0.3) is 0 Å². The number of allylic oxidation sites excluding steroid dienone is 1. The first kappa shape index (κ1) is 23.0. The van der Waals surface area contributed by atoms with Crippen LogP contribution in [0.2, 0.25) is 0 Å². The van der Waals surface area contributed by atoms with E-state index in [1.165, 1.54) is 64.2 Å². The van der Waals surface area contributed by atoms with Gasteiger partial charge in [0.1, 0.15) is 5.76 Å². The van der Waals surface area contributed by atoms with Crippen LogP contribution in [0.15, 0.2) is 36.1 Å². The van der Waals surface area contributed by atoms with Crippen LogP contribution in [0, 0.1) is 0 Å². The lowest BCUT2D eigenvalue weighted by Gasteiger charge is -2.22. The lowest BCUT2D eigenvalue weighted by atomic mass is 10.0. The Kier molecular flexibility index (Phi) is 14.3. The summed E-state index contributed by atoms with van der Waals surface area (Å²) in [6.45, 7) is 10.1. The molecule has 0 aromatic rings. The molecule has 26 heavy (non-hydrogen) atoms. The summed E-state index contributed by atoms with van der Waals surface area (Å²) in [5, 5.41) is 0. The van der Waals surface area contributed by atoms with Gasteiger partial charge in [-0.2, -0.15) is 0 Å². The van der Waals surface area contributed by atoms with Crippen molar-refractivity contribution in [2.75, 3.05) is 13.2 Å². The molecule has 0 aromatic carbocycles. The summed E-state index contributed by atoms with van der Waals surface area (Å²) >= 11 is 0. The highest BCUT2D eigenvalue weighted by molar-refractivity contribution is 5.33. The summed E-state index contributed by atoms with van der Waals surface area (Å²) < 4.78 is 12.0. The fourth-order valence-electron chi connectivity index (χ4n) is 3.31. The van der Waals surface area contributed by atoms with E-state index in [0.717, 1.165) is 43.8 Å². The van der Waals surface area contributed by atoms with E-state index >= 15 is 0 Å². The lowest BCUT2D eigenvalue weighted by molar-refractivity contribution is 0.0751. The van der Waals surface area contributed by atoms with E-state index in [1.807, 2.05) is 6.08 Å². The summed E-state index contributed by atoms with van der Waals surface area (Å²) in [6, 6.07) is 0. The van der Waals surface area contributed by atoms with Crippen LogP contribution < -0.4 is 0 Å². The van der Waals surface area contributed by atoms with Crippen molar-refractivity contribution in [3.05, 3.63) is 36.1 Å². The van der Waals surface area contributed by atoms with Crippen molar-refractivity contribution in [3.8, 4) is 0 Å². The third kappa shape index (κ3) is 10.9. The predicted octanol–water partition coefficient (Wildman–Crippen LogP) is 7.51. The maximum absolute atomic E-state index is 6.08. The van der Waals surface area contributed by atoms with Crippen molar-refractivity contribution in [2.45, 2.75) is 103 Å². The molecule has 0 fully saturated rings. The van der Waals surface area contributed by atoms with Gasteiger partial charge in [0.25, 0.3) is 0 Å². The SMILES string of the molecule is C=CC1=CC(OCCCCCCCC)=CCC1OCCCCCCCC. The van der Waals surface area contributed by atoms with E-state index in [0.29, 0.717) is 0 Å². The Morgan fingerprint density at radius 1 is 0.885 bits per heavy atom. The van der Waals surface area contributed by atoms with Gasteiger partial charge in [-0.05, 0) is 37.0 Å². The van der Waals surface area contributed by atoms with Crippen molar-refractivity contribution in [2.24, 2.45) is 0 Å². The maximum atomic E-state index is 6.08. The number of hydrogen-bond donors (Lipinski definition) is 0. The average Bonchev–Trinajstić information content (AvgIpc) is 2.67. The molecule has 0 spiro atoms. The first-order valence-electron chi connectivity index (χ1n) is 11.1. The van der Waals surface area contributed by atoms with Crippen LogP contribution in [0.4, 0.5) is 0 Å². The Balaban J connectivity index is 2.15. The molecule has 0 heterocycles. The largest absolute Gasteiger partial charge is 0.494 e. The fraction of sp³-hybridized carbons (Fsp3) is 0.750. The Hall–Kier alpha value is -1.02. The van der Waals surface area contributed by atoms with Gasteiger partial charge in [0.05, 0.1) is 12.7 Å². The van der Waals surface area contributed by atoms with Gasteiger partial charge in [-0.1, -0.05) is 90.7 Å². The number of unbranched alkanes of at least 4 members (excludes halogenated alkanes) is 10. The van der Waals surface area contributed by atoms with E-state index in [2.05, 4.69) is 32.6 Å². The quantitative estimate of drug-likeness (QED) is 0.249. The minimum atomic E-state index is 0.157. The summed E-state index contributed by atoms with van der Waals surface area (Å²) in [7, 11) is 0. The van der Waals surface area contributed by atoms with Crippen LogP contribution in [-0.2, 0) is 9.47 Å². The lowest BCUT2D eigenvalue weighted by Crippen LogP contribution is -2.18. The molecule has 1 aliphatic rings. The second kappa shape index (κ2) is 16.2. The highest BCUT2D eigenvalue weighted by Gasteiger charge is 2.17. The maximum Gasteiger partial charge on any atom is 0.115 e. The van der Waals surface area contributed by atoms with Crippen molar-refractivity contribution in [1.29, 1.82) is 0 Å². The molecule has 0 bridgehead atoms. The molecule has 0 saturated carbocycles. The molecule has 0 radical (unpaired) electrons. The van der Waals surface area contributed by atoms with Crippen LogP contribution in [0.3, 0.4) is 0 Å². The van der Waals surface area contributed by atoms with Crippen molar-refractivity contribution in [3.63, 3.8) is 0 Å². The van der Waals surface area contributed by atoms with E-state index in [-0.39, 0.29) is 6.10 Å². The topological polar surface area (TPSA) is 18.5 Å². The van der Waals surface area contributed by atoms with Crippen molar-refractivity contribution in [1.82, 2.24) is 0 Å².